The first-order valence-electron chi connectivity index (χ1n) is 6.26. The van der Waals surface area contributed by atoms with Gasteiger partial charge in [0.15, 0.2) is 0 Å². The summed E-state index contributed by atoms with van der Waals surface area (Å²) in [4.78, 5) is 12.1. The fourth-order valence-corrected chi connectivity index (χ4v) is 1.93. The summed E-state index contributed by atoms with van der Waals surface area (Å²) in [7, 11) is 1.87. The van der Waals surface area contributed by atoms with Crippen LogP contribution in [0.15, 0.2) is 42.5 Å². The Morgan fingerprint density at radius 1 is 1.00 bits per heavy atom. The Labute approximate surface area is 113 Å². The quantitative estimate of drug-likeness (QED) is 0.878. The largest absolute Gasteiger partial charge is 0.388 e. The van der Waals surface area contributed by atoms with Gasteiger partial charge in [0, 0.05) is 24.0 Å². The molecule has 0 radical (unpaired) electrons. The van der Waals surface area contributed by atoms with Gasteiger partial charge in [-0.25, -0.2) is 0 Å². The zero-order chi connectivity index (χ0) is 13.8. The number of benzene rings is 2. The molecule has 0 unspecified atom stereocenters. The summed E-state index contributed by atoms with van der Waals surface area (Å²) in [5.41, 5.74) is 4.74. The van der Waals surface area contributed by atoms with Gasteiger partial charge in [-0.2, -0.15) is 0 Å². The Kier molecular flexibility index (Phi) is 3.85. The molecule has 0 saturated heterocycles. The van der Waals surface area contributed by atoms with Crippen molar-refractivity contribution in [2.45, 2.75) is 13.8 Å². The molecular weight excluding hydrogens is 236 g/mol. The molecule has 3 nitrogen and oxygen atoms in total. The number of hydrogen-bond acceptors (Lipinski definition) is 2. The Morgan fingerprint density at radius 2 is 1.68 bits per heavy atom. The fraction of sp³-hybridized carbons (Fsp3) is 0.188. The van der Waals surface area contributed by atoms with Crippen LogP contribution in [0.25, 0.3) is 0 Å². The van der Waals surface area contributed by atoms with Crippen LogP contribution in [-0.4, -0.2) is 13.0 Å². The first-order chi connectivity index (χ1) is 9.10. The van der Waals surface area contributed by atoms with Crippen molar-refractivity contribution in [3.05, 3.63) is 59.2 Å². The topological polar surface area (TPSA) is 41.1 Å². The minimum Gasteiger partial charge on any atom is -0.388 e. The number of carbonyl (C=O) groups is 1. The zero-order valence-electron chi connectivity index (χ0n) is 11.4. The Balaban J connectivity index is 2.16. The summed E-state index contributed by atoms with van der Waals surface area (Å²) in [6.07, 6.45) is 0. The minimum atomic E-state index is -0.0883. The SMILES string of the molecule is CNc1ccc(C(=O)Nc2ccc(C)cc2)cc1C. The van der Waals surface area contributed by atoms with E-state index in [2.05, 4.69) is 10.6 Å². The summed E-state index contributed by atoms with van der Waals surface area (Å²) in [6, 6.07) is 13.4. The highest BCUT2D eigenvalue weighted by molar-refractivity contribution is 6.04. The average Bonchev–Trinajstić information content (AvgIpc) is 2.41. The molecular formula is C16H18N2O. The molecule has 98 valence electrons. The fourth-order valence-electron chi connectivity index (χ4n) is 1.93. The molecule has 1 amide bonds. The number of anilines is 2. The van der Waals surface area contributed by atoms with Crippen molar-refractivity contribution in [3.8, 4) is 0 Å². The second-order valence-electron chi connectivity index (χ2n) is 4.60. The smallest absolute Gasteiger partial charge is 0.255 e. The maximum atomic E-state index is 12.1. The van der Waals surface area contributed by atoms with Gasteiger partial charge < -0.3 is 10.6 Å². The molecule has 2 rings (SSSR count). The van der Waals surface area contributed by atoms with E-state index in [1.54, 1.807) is 0 Å². The molecule has 0 aliphatic carbocycles. The van der Waals surface area contributed by atoms with Crippen molar-refractivity contribution in [2.75, 3.05) is 17.7 Å². The first-order valence-corrected chi connectivity index (χ1v) is 6.26. The second kappa shape index (κ2) is 5.57. The Bertz CT molecular complexity index is 588. The van der Waals surface area contributed by atoms with Gasteiger partial charge in [-0.1, -0.05) is 17.7 Å². The molecule has 2 aromatic carbocycles. The van der Waals surface area contributed by atoms with Crippen LogP contribution in [0.1, 0.15) is 21.5 Å². The number of amides is 1. The molecule has 2 aromatic rings. The van der Waals surface area contributed by atoms with E-state index in [0.717, 1.165) is 16.9 Å². The van der Waals surface area contributed by atoms with Gasteiger partial charge >= 0.3 is 0 Å². The van der Waals surface area contributed by atoms with Crippen molar-refractivity contribution in [3.63, 3.8) is 0 Å². The molecule has 0 heterocycles. The highest BCUT2D eigenvalue weighted by Gasteiger charge is 2.07. The number of rotatable bonds is 3. The summed E-state index contributed by atoms with van der Waals surface area (Å²) in [5.74, 6) is -0.0883. The summed E-state index contributed by atoms with van der Waals surface area (Å²) < 4.78 is 0. The maximum absolute atomic E-state index is 12.1. The average molecular weight is 254 g/mol. The molecule has 0 spiro atoms. The van der Waals surface area contributed by atoms with E-state index in [1.165, 1.54) is 5.56 Å². The predicted octanol–water partition coefficient (Wildman–Crippen LogP) is 3.60. The van der Waals surface area contributed by atoms with Gasteiger partial charge in [-0.3, -0.25) is 4.79 Å². The lowest BCUT2D eigenvalue weighted by Gasteiger charge is -2.09. The zero-order valence-corrected chi connectivity index (χ0v) is 11.4. The Hall–Kier alpha value is -2.29. The lowest BCUT2D eigenvalue weighted by Crippen LogP contribution is -2.12. The standard InChI is InChI=1S/C16H18N2O/c1-11-4-7-14(8-5-11)18-16(19)13-6-9-15(17-3)12(2)10-13/h4-10,17H,1-3H3,(H,18,19). The molecule has 0 atom stereocenters. The third-order valence-electron chi connectivity index (χ3n) is 3.07. The van der Waals surface area contributed by atoms with Crippen LogP contribution in [0.5, 0.6) is 0 Å². The van der Waals surface area contributed by atoms with Crippen LogP contribution in [-0.2, 0) is 0 Å². The van der Waals surface area contributed by atoms with E-state index in [0.29, 0.717) is 5.56 Å². The molecule has 0 aliphatic heterocycles. The van der Waals surface area contributed by atoms with Crippen LogP contribution in [0, 0.1) is 13.8 Å². The van der Waals surface area contributed by atoms with E-state index in [4.69, 9.17) is 0 Å². The summed E-state index contributed by atoms with van der Waals surface area (Å²) in [6.45, 7) is 4.00. The van der Waals surface area contributed by atoms with Crippen molar-refractivity contribution >= 4 is 17.3 Å². The Morgan fingerprint density at radius 3 is 2.26 bits per heavy atom. The van der Waals surface area contributed by atoms with Crippen LogP contribution in [0.3, 0.4) is 0 Å². The molecule has 0 aromatic heterocycles. The lowest BCUT2D eigenvalue weighted by molar-refractivity contribution is 0.102. The van der Waals surface area contributed by atoms with Gasteiger partial charge in [0.25, 0.3) is 5.91 Å². The third-order valence-corrected chi connectivity index (χ3v) is 3.07. The molecule has 19 heavy (non-hydrogen) atoms. The van der Waals surface area contributed by atoms with Crippen molar-refractivity contribution in [2.24, 2.45) is 0 Å². The van der Waals surface area contributed by atoms with Crippen LogP contribution >= 0.6 is 0 Å². The van der Waals surface area contributed by atoms with Gasteiger partial charge in [0.1, 0.15) is 0 Å². The van der Waals surface area contributed by atoms with Crippen LogP contribution < -0.4 is 10.6 Å². The lowest BCUT2D eigenvalue weighted by atomic mass is 10.1. The van der Waals surface area contributed by atoms with E-state index in [9.17, 15) is 4.79 Å². The van der Waals surface area contributed by atoms with Gasteiger partial charge in [0.2, 0.25) is 0 Å². The monoisotopic (exact) mass is 254 g/mol. The summed E-state index contributed by atoms with van der Waals surface area (Å²) >= 11 is 0. The highest BCUT2D eigenvalue weighted by atomic mass is 16.1. The summed E-state index contributed by atoms with van der Waals surface area (Å²) in [5, 5.41) is 5.98. The van der Waals surface area contributed by atoms with Crippen molar-refractivity contribution in [1.29, 1.82) is 0 Å². The molecule has 0 saturated carbocycles. The maximum Gasteiger partial charge on any atom is 0.255 e. The molecule has 3 heteroatoms. The molecule has 0 bridgehead atoms. The third kappa shape index (κ3) is 3.13. The normalized spacial score (nSPS) is 10.1. The van der Waals surface area contributed by atoms with E-state index >= 15 is 0 Å². The van der Waals surface area contributed by atoms with Crippen molar-refractivity contribution < 1.29 is 4.79 Å². The predicted molar refractivity (Wildman–Crippen MR) is 79.9 cm³/mol. The van der Waals surface area contributed by atoms with E-state index in [-0.39, 0.29) is 5.91 Å². The molecule has 2 N–H and O–H groups in total. The van der Waals surface area contributed by atoms with Gasteiger partial charge in [0.05, 0.1) is 0 Å². The number of nitrogens with one attached hydrogen (secondary N) is 2. The molecule has 0 fully saturated rings. The number of hydrogen-bond donors (Lipinski definition) is 2. The highest BCUT2D eigenvalue weighted by Crippen LogP contribution is 2.17. The van der Waals surface area contributed by atoms with Crippen molar-refractivity contribution in [1.82, 2.24) is 0 Å². The van der Waals surface area contributed by atoms with E-state index in [1.807, 2.05) is 63.4 Å². The van der Waals surface area contributed by atoms with Gasteiger partial charge in [-0.05, 0) is 49.7 Å². The minimum absolute atomic E-state index is 0.0883. The van der Waals surface area contributed by atoms with Crippen LogP contribution in [0.2, 0.25) is 0 Å². The van der Waals surface area contributed by atoms with Crippen LogP contribution in [0.4, 0.5) is 11.4 Å². The van der Waals surface area contributed by atoms with Gasteiger partial charge in [-0.15, -0.1) is 0 Å². The molecule has 0 aliphatic rings. The number of carbonyl (C=O) groups excluding carboxylic acids is 1. The number of aryl methyl sites for hydroxylation is 2. The second-order valence-corrected chi connectivity index (χ2v) is 4.60. The van der Waals surface area contributed by atoms with E-state index < -0.39 is 0 Å². The first kappa shape index (κ1) is 13.1.